The minimum atomic E-state index is 0.0548. The Hall–Kier alpha value is -1.75. The van der Waals surface area contributed by atoms with Gasteiger partial charge in [0.1, 0.15) is 5.82 Å². The zero-order chi connectivity index (χ0) is 14.8. The average Bonchev–Trinajstić information content (AvgIpc) is 2.75. The third-order valence-corrected chi connectivity index (χ3v) is 5.19. The van der Waals surface area contributed by atoms with Gasteiger partial charge in [0, 0.05) is 10.8 Å². The quantitative estimate of drug-likeness (QED) is 0.946. The molecular weight excluding hydrogens is 282 g/mol. The predicted molar refractivity (Wildman–Crippen MR) is 86.4 cm³/mol. The number of amides is 1. The molecule has 1 unspecified atom stereocenters. The summed E-state index contributed by atoms with van der Waals surface area (Å²) in [5.41, 5.74) is 2.31. The molecule has 2 heterocycles. The van der Waals surface area contributed by atoms with Gasteiger partial charge in [-0.1, -0.05) is 44.2 Å². The van der Waals surface area contributed by atoms with Crippen LogP contribution in [0, 0.1) is 5.92 Å². The average molecular weight is 301 g/mol. The number of nitrogens with one attached hydrogen (secondary N) is 1. The third-order valence-electron chi connectivity index (χ3n) is 3.61. The number of hydrogen-bond donors (Lipinski definition) is 1. The van der Waals surface area contributed by atoms with Crippen molar-refractivity contribution in [3.05, 3.63) is 47.7 Å². The summed E-state index contributed by atoms with van der Waals surface area (Å²) in [5, 5.41) is 7.82. The first-order valence-electron chi connectivity index (χ1n) is 7.16. The van der Waals surface area contributed by atoms with Crippen LogP contribution in [0.3, 0.4) is 0 Å². The van der Waals surface area contributed by atoms with Crippen LogP contribution in [0.5, 0.6) is 0 Å². The fourth-order valence-corrected chi connectivity index (χ4v) is 3.74. The molecule has 0 saturated heterocycles. The molecule has 21 heavy (non-hydrogen) atoms. The highest BCUT2D eigenvalue weighted by Gasteiger charge is 2.28. The monoisotopic (exact) mass is 301 g/mol. The summed E-state index contributed by atoms with van der Waals surface area (Å²) in [6.45, 7) is 5.05. The van der Waals surface area contributed by atoms with E-state index in [2.05, 4.69) is 36.4 Å². The number of fused-ring (bicyclic) bond motifs is 1. The molecule has 1 amide bonds. The Balaban J connectivity index is 1.95. The molecule has 1 aliphatic heterocycles. The molecule has 0 radical (unpaired) electrons. The summed E-state index contributed by atoms with van der Waals surface area (Å²) in [4.78, 5) is 11.9. The summed E-state index contributed by atoms with van der Waals surface area (Å²) < 4.78 is 1.89. The lowest BCUT2D eigenvalue weighted by Gasteiger charge is -2.17. The van der Waals surface area contributed by atoms with Crippen molar-refractivity contribution in [1.29, 1.82) is 0 Å². The smallest absolute Gasteiger partial charge is 0.235 e. The van der Waals surface area contributed by atoms with Crippen LogP contribution in [-0.4, -0.2) is 21.4 Å². The Morgan fingerprint density at radius 1 is 1.38 bits per heavy atom. The van der Waals surface area contributed by atoms with Crippen molar-refractivity contribution in [2.24, 2.45) is 5.92 Å². The first kappa shape index (κ1) is 14.2. The van der Waals surface area contributed by atoms with Crippen LogP contribution in [-0.2, 0) is 11.3 Å². The van der Waals surface area contributed by atoms with Gasteiger partial charge in [-0.25, -0.2) is 4.68 Å². The van der Waals surface area contributed by atoms with E-state index in [-0.39, 0.29) is 5.91 Å². The van der Waals surface area contributed by atoms with Crippen molar-refractivity contribution in [3.8, 4) is 0 Å². The third kappa shape index (κ3) is 2.97. The van der Waals surface area contributed by atoms with E-state index in [1.807, 2.05) is 29.1 Å². The summed E-state index contributed by atoms with van der Waals surface area (Å²) in [5.74, 6) is 1.88. The second-order valence-electron chi connectivity index (χ2n) is 5.62. The Morgan fingerprint density at radius 2 is 2.14 bits per heavy atom. The van der Waals surface area contributed by atoms with Gasteiger partial charge in [0.2, 0.25) is 5.91 Å². The van der Waals surface area contributed by atoms with E-state index in [0.29, 0.717) is 23.5 Å². The second kappa shape index (κ2) is 5.93. The van der Waals surface area contributed by atoms with Crippen molar-refractivity contribution in [2.75, 3.05) is 11.1 Å². The maximum Gasteiger partial charge on any atom is 0.235 e. The number of hydrogen-bond acceptors (Lipinski definition) is 3. The SMILES string of the molecule is CC(C)C1SCC(=O)Nc2c1cnn2Cc1ccccc1. The lowest BCUT2D eigenvalue weighted by molar-refractivity contribution is -0.113. The largest absolute Gasteiger partial charge is 0.310 e. The summed E-state index contributed by atoms with van der Waals surface area (Å²) >= 11 is 1.70. The van der Waals surface area contributed by atoms with Crippen molar-refractivity contribution in [2.45, 2.75) is 25.6 Å². The molecule has 5 heteroatoms. The lowest BCUT2D eigenvalue weighted by Crippen LogP contribution is -2.16. The topological polar surface area (TPSA) is 46.9 Å². The number of aromatic nitrogens is 2. The van der Waals surface area contributed by atoms with Crippen LogP contribution < -0.4 is 5.32 Å². The molecule has 1 N–H and O–H groups in total. The van der Waals surface area contributed by atoms with Gasteiger partial charge in [0.25, 0.3) is 0 Å². The minimum absolute atomic E-state index is 0.0548. The van der Waals surface area contributed by atoms with Gasteiger partial charge in [-0.05, 0) is 11.5 Å². The zero-order valence-corrected chi connectivity index (χ0v) is 13.1. The fourth-order valence-electron chi connectivity index (χ4n) is 2.60. The van der Waals surface area contributed by atoms with Gasteiger partial charge in [0.15, 0.2) is 0 Å². The maximum absolute atomic E-state index is 11.9. The molecule has 1 aromatic heterocycles. The zero-order valence-electron chi connectivity index (χ0n) is 12.2. The van der Waals surface area contributed by atoms with E-state index in [4.69, 9.17) is 0 Å². The Bertz CT molecular complexity index is 636. The highest BCUT2D eigenvalue weighted by molar-refractivity contribution is 8.00. The standard InChI is InChI=1S/C16H19N3OS/c1-11(2)15-13-8-17-19(9-12-6-4-3-5-7-12)16(13)18-14(20)10-21-15/h3-8,11,15H,9-10H2,1-2H3,(H,18,20). The molecule has 4 nitrogen and oxygen atoms in total. The van der Waals surface area contributed by atoms with E-state index < -0.39 is 0 Å². The van der Waals surface area contributed by atoms with Crippen molar-refractivity contribution in [3.63, 3.8) is 0 Å². The van der Waals surface area contributed by atoms with Gasteiger partial charge < -0.3 is 5.32 Å². The number of anilines is 1. The Labute approximate surface area is 128 Å². The number of carbonyl (C=O) groups is 1. The number of carbonyl (C=O) groups excluding carboxylic acids is 1. The second-order valence-corrected chi connectivity index (χ2v) is 6.75. The first-order valence-corrected chi connectivity index (χ1v) is 8.21. The van der Waals surface area contributed by atoms with Gasteiger partial charge in [0.05, 0.1) is 18.5 Å². The lowest BCUT2D eigenvalue weighted by atomic mass is 10.0. The fraction of sp³-hybridized carbons (Fsp3) is 0.375. The van der Waals surface area contributed by atoms with Crippen LogP contribution in [0.4, 0.5) is 5.82 Å². The molecule has 0 aliphatic carbocycles. The van der Waals surface area contributed by atoms with Crippen LogP contribution in [0.25, 0.3) is 0 Å². The van der Waals surface area contributed by atoms with Gasteiger partial charge in [-0.2, -0.15) is 5.10 Å². The molecule has 3 rings (SSSR count). The van der Waals surface area contributed by atoms with E-state index in [0.717, 1.165) is 11.4 Å². The molecular formula is C16H19N3OS. The van der Waals surface area contributed by atoms with Gasteiger partial charge in [-0.3, -0.25) is 4.79 Å². The highest BCUT2D eigenvalue weighted by atomic mass is 32.2. The highest BCUT2D eigenvalue weighted by Crippen LogP contribution is 2.41. The molecule has 1 atom stereocenters. The normalized spacial score (nSPS) is 18.2. The molecule has 110 valence electrons. The van der Waals surface area contributed by atoms with Crippen molar-refractivity contribution < 1.29 is 4.79 Å². The van der Waals surface area contributed by atoms with Crippen LogP contribution >= 0.6 is 11.8 Å². The summed E-state index contributed by atoms with van der Waals surface area (Å²) in [6.07, 6.45) is 1.90. The van der Waals surface area contributed by atoms with E-state index in [9.17, 15) is 4.79 Å². The van der Waals surface area contributed by atoms with E-state index in [1.165, 1.54) is 5.56 Å². The van der Waals surface area contributed by atoms with Crippen LogP contribution in [0.2, 0.25) is 0 Å². The minimum Gasteiger partial charge on any atom is -0.310 e. The van der Waals surface area contributed by atoms with Crippen LogP contribution in [0.15, 0.2) is 36.5 Å². The maximum atomic E-state index is 11.9. The number of benzene rings is 1. The van der Waals surface area contributed by atoms with E-state index >= 15 is 0 Å². The summed E-state index contributed by atoms with van der Waals surface area (Å²) in [6, 6.07) is 10.2. The van der Waals surface area contributed by atoms with Gasteiger partial charge >= 0.3 is 0 Å². The van der Waals surface area contributed by atoms with Crippen LogP contribution in [0.1, 0.15) is 30.2 Å². The molecule has 1 aliphatic rings. The van der Waals surface area contributed by atoms with Gasteiger partial charge in [-0.15, -0.1) is 11.8 Å². The molecule has 0 bridgehead atoms. The number of rotatable bonds is 3. The molecule has 0 fully saturated rings. The first-order chi connectivity index (χ1) is 10.1. The molecule has 1 aromatic carbocycles. The Morgan fingerprint density at radius 3 is 2.86 bits per heavy atom. The van der Waals surface area contributed by atoms with Crippen molar-refractivity contribution >= 4 is 23.5 Å². The van der Waals surface area contributed by atoms with Crippen molar-refractivity contribution in [1.82, 2.24) is 9.78 Å². The predicted octanol–water partition coefficient (Wildman–Crippen LogP) is 3.31. The number of thioether (sulfide) groups is 1. The Kier molecular flexibility index (Phi) is 4.01. The number of nitrogens with zero attached hydrogens (tertiary/aromatic N) is 2. The van der Waals surface area contributed by atoms with E-state index in [1.54, 1.807) is 11.8 Å². The molecule has 2 aromatic rings. The molecule has 0 saturated carbocycles. The summed E-state index contributed by atoms with van der Waals surface area (Å²) in [7, 11) is 0. The molecule has 0 spiro atoms.